The lowest BCUT2D eigenvalue weighted by atomic mass is 9.97. The first-order valence-corrected chi connectivity index (χ1v) is 9.64. The average molecular weight is 366 g/mol. The molecular weight excluding hydrogens is 340 g/mol. The topological polar surface area (TPSA) is 79.7 Å². The van der Waals surface area contributed by atoms with Gasteiger partial charge >= 0.3 is 0 Å². The molecule has 7 heteroatoms. The molecule has 0 bridgehead atoms. The van der Waals surface area contributed by atoms with Crippen LogP contribution < -0.4 is 0 Å². The van der Waals surface area contributed by atoms with Gasteiger partial charge in [-0.25, -0.2) is 9.97 Å². The smallest absolute Gasteiger partial charge is 0.242 e. The van der Waals surface area contributed by atoms with E-state index in [1.807, 2.05) is 36.1 Å². The van der Waals surface area contributed by atoms with Gasteiger partial charge in [0.1, 0.15) is 18.2 Å². The minimum Gasteiger partial charge on any atom is -0.340 e. The van der Waals surface area contributed by atoms with Gasteiger partial charge in [-0.05, 0) is 31.9 Å². The lowest BCUT2D eigenvalue weighted by Crippen LogP contribution is -2.41. The number of imidazole rings is 1. The molecule has 2 aromatic heterocycles. The van der Waals surface area contributed by atoms with Crippen molar-refractivity contribution in [3.8, 4) is 0 Å². The normalized spacial score (nSPS) is 17.8. The van der Waals surface area contributed by atoms with Crippen LogP contribution in [0.15, 0.2) is 24.3 Å². The number of hydrogen-bond donors (Lipinski definition) is 1. The molecule has 1 aliphatic heterocycles. The second-order valence-corrected chi connectivity index (χ2v) is 7.66. The van der Waals surface area contributed by atoms with E-state index in [1.54, 1.807) is 0 Å². The number of para-hydroxylation sites is 2. The molecule has 1 aliphatic rings. The number of aryl methyl sites for hydroxylation is 1. The van der Waals surface area contributed by atoms with E-state index in [2.05, 4.69) is 33.6 Å². The Hall–Kier alpha value is -2.70. The molecule has 1 fully saturated rings. The Bertz CT molecular complexity index is 956. The van der Waals surface area contributed by atoms with Crippen LogP contribution in [0.4, 0.5) is 0 Å². The quantitative estimate of drug-likeness (QED) is 0.770. The van der Waals surface area contributed by atoms with E-state index in [-0.39, 0.29) is 17.7 Å². The zero-order chi connectivity index (χ0) is 19.0. The number of H-pyrrole nitrogens is 1. The van der Waals surface area contributed by atoms with Crippen LogP contribution in [0.1, 0.15) is 56.0 Å². The first-order chi connectivity index (χ1) is 13.0. The van der Waals surface area contributed by atoms with E-state index in [0.29, 0.717) is 13.1 Å². The molecule has 7 nitrogen and oxygen atoms in total. The third kappa shape index (κ3) is 3.46. The number of benzene rings is 1. The minimum atomic E-state index is 0.136. The number of carbonyl (C=O) groups excluding carboxylic acids is 1. The summed E-state index contributed by atoms with van der Waals surface area (Å²) in [5.74, 6) is 3.20. The number of aromatic nitrogens is 5. The third-order valence-electron chi connectivity index (χ3n) is 5.25. The van der Waals surface area contributed by atoms with Crippen molar-refractivity contribution < 1.29 is 4.79 Å². The van der Waals surface area contributed by atoms with Gasteiger partial charge in [0.25, 0.3) is 0 Å². The van der Waals surface area contributed by atoms with Gasteiger partial charge in [0, 0.05) is 24.9 Å². The molecule has 27 heavy (non-hydrogen) atoms. The highest BCUT2D eigenvalue weighted by Crippen LogP contribution is 2.26. The van der Waals surface area contributed by atoms with Crippen molar-refractivity contribution in [1.82, 2.24) is 29.6 Å². The van der Waals surface area contributed by atoms with Crippen LogP contribution in [-0.2, 0) is 11.3 Å². The summed E-state index contributed by atoms with van der Waals surface area (Å²) >= 11 is 0. The second kappa shape index (κ2) is 7.13. The zero-order valence-corrected chi connectivity index (χ0v) is 16.1. The van der Waals surface area contributed by atoms with Crippen LogP contribution in [0, 0.1) is 6.92 Å². The number of fused-ring (bicyclic) bond motifs is 1. The Morgan fingerprint density at radius 2 is 2.11 bits per heavy atom. The predicted molar refractivity (Wildman–Crippen MR) is 103 cm³/mol. The van der Waals surface area contributed by atoms with E-state index in [0.717, 1.165) is 47.9 Å². The minimum absolute atomic E-state index is 0.136. The second-order valence-electron chi connectivity index (χ2n) is 7.66. The maximum Gasteiger partial charge on any atom is 0.242 e. The lowest BCUT2D eigenvalue weighted by molar-refractivity contribution is -0.133. The molecular formula is C20H26N6O. The number of hydrogen-bond acceptors (Lipinski definition) is 4. The van der Waals surface area contributed by atoms with Crippen LogP contribution >= 0.6 is 0 Å². The maximum atomic E-state index is 13.1. The zero-order valence-electron chi connectivity index (χ0n) is 16.1. The SMILES string of the molecule is Cc1nc([C@@H]2CCCN(C(=O)Cn3c(C(C)C)nc4ccccc43)C2)n[nH]1. The fraction of sp³-hybridized carbons (Fsp3) is 0.500. The Labute approximate surface area is 158 Å². The molecule has 1 saturated heterocycles. The monoisotopic (exact) mass is 366 g/mol. The number of aromatic amines is 1. The number of rotatable bonds is 4. The fourth-order valence-electron chi connectivity index (χ4n) is 3.89. The van der Waals surface area contributed by atoms with E-state index in [1.165, 1.54) is 0 Å². The molecule has 0 radical (unpaired) electrons. The molecule has 3 heterocycles. The summed E-state index contributed by atoms with van der Waals surface area (Å²) in [6.45, 7) is 7.94. The van der Waals surface area contributed by atoms with Crippen molar-refractivity contribution in [1.29, 1.82) is 0 Å². The molecule has 0 unspecified atom stereocenters. The van der Waals surface area contributed by atoms with Crippen molar-refractivity contribution in [3.05, 3.63) is 41.7 Å². The van der Waals surface area contributed by atoms with Gasteiger partial charge < -0.3 is 9.47 Å². The van der Waals surface area contributed by atoms with Gasteiger partial charge in [-0.3, -0.25) is 9.89 Å². The van der Waals surface area contributed by atoms with Crippen LogP contribution in [-0.4, -0.2) is 48.6 Å². The molecule has 1 aromatic carbocycles. The predicted octanol–water partition coefficient (Wildman–Crippen LogP) is 2.99. The van der Waals surface area contributed by atoms with Gasteiger partial charge in [0.2, 0.25) is 5.91 Å². The standard InChI is InChI=1S/C20H26N6O/c1-13(2)20-22-16-8-4-5-9-17(16)26(20)12-18(27)25-10-6-7-15(11-25)19-21-14(3)23-24-19/h4-5,8-9,13,15H,6-7,10-12H2,1-3H3,(H,21,23,24)/t15-/m1/s1. The number of likely N-dealkylation sites (tertiary alicyclic amines) is 1. The number of carbonyl (C=O) groups is 1. The summed E-state index contributed by atoms with van der Waals surface area (Å²) in [4.78, 5) is 24.3. The van der Waals surface area contributed by atoms with Crippen LogP contribution in [0.3, 0.4) is 0 Å². The van der Waals surface area contributed by atoms with Gasteiger partial charge in [0.15, 0.2) is 5.82 Å². The highest BCUT2D eigenvalue weighted by Gasteiger charge is 2.28. The van der Waals surface area contributed by atoms with E-state index < -0.39 is 0 Å². The molecule has 1 amide bonds. The highest BCUT2D eigenvalue weighted by molar-refractivity contribution is 5.81. The molecule has 4 rings (SSSR count). The molecule has 0 saturated carbocycles. The van der Waals surface area contributed by atoms with E-state index in [9.17, 15) is 4.79 Å². The average Bonchev–Trinajstić information content (AvgIpc) is 3.26. The lowest BCUT2D eigenvalue weighted by Gasteiger charge is -2.32. The molecule has 1 N–H and O–H groups in total. The highest BCUT2D eigenvalue weighted by atomic mass is 16.2. The Morgan fingerprint density at radius 3 is 2.85 bits per heavy atom. The Kier molecular flexibility index (Phi) is 4.68. The van der Waals surface area contributed by atoms with E-state index in [4.69, 9.17) is 4.98 Å². The van der Waals surface area contributed by atoms with Crippen molar-refractivity contribution in [3.63, 3.8) is 0 Å². The molecule has 3 aromatic rings. The Balaban J connectivity index is 1.55. The van der Waals surface area contributed by atoms with E-state index >= 15 is 0 Å². The third-order valence-corrected chi connectivity index (χ3v) is 5.25. The fourth-order valence-corrected chi connectivity index (χ4v) is 3.89. The summed E-state index contributed by atoms with van der Waals surface area (Å²) in [6.07, 6.45) is 2.00. The molecule has 0 aliphatic carbocycles. The van der Waals surface area contributed by atoms with Crippen molar-refractivity contribution in [2.45, 2.75) is 52.0 Å². The van der Waals surface area contributed by atoms with Crippen LogP contribution in [0.25, 0.3) is 11.0 Å². The summed E-state index contributed by atoms with van der Waals surface area (Å²) in [5.41, 5.74) is 1.97. The van der Waals surface area contributed by atoms with Gasteiger partial charge in [-0.15, -0.1) is 0 Å². The number of nitrogens with one attached hydrogen (secondary N) is 1. The van der Waals surface area contributed by atoms with Crippen molar-refractivity contribution >= 4 is 16.9 Å². The van der Waals surface area contributed by atoms with Crippen LogP contribution in [0.5, 0.6) is 0 Å². The first-order valence-electron chi connectivity index (χ1n) is 9.64. The number of nitrogens with zero attached hydrogens (tertiary/aromatic N) is 5. The first kappa shape index (κ1) is 17.7. The van der Waals surface area contributed by atoms with Gasteiger partial charge in [-0.1, -0.05) is 26.0 Å². The number of piperidine rings is 1. The summed E-state index contributed by atoms with van der Waals surface area (Å²) in [6, 6.07) is 8.03. The van der Waals surface area contributed by atoms with Crippen molar-refractivity contribution in [2.75, 3.05) is 13.1 Å². The van der Waals surface area contributed by atoms with Gasteiger partial charge in [-0.2, -0.15) is 5.10 Å². The van der Waals surface area contributed by atoms with Crippen molar-refractivity contribution in [2.24, 2.45) is 0 Å². The summed E-state index contributed by atoms with van der Waals surface area (Å²) < 4.78 is 2.07. The molecule has 142 valence electrons. The van der Waals surface area contributed by atoms with Crippen LogP contribution in [0.2, 0.25) is 0 Å². The molecule has 0 spiro atoms. The summed E-state index contributed by atoms with van der Waals surface area (Å²) in [7, 11) is 0. The molecule has 1 atom stereocenters. The maximum absolute atomic E-state index is 13.1. The Morgan fingerprint density at radius 1 is 1.30 bits per heavy atom. The number of amides is 1. The largest absolute Gasteiger partial charge is 0.340 e. The van der Waals surface area contributed by atoms with Gasteiger partial charge in [0.05, 0.1) is 11.0 Å². The summed E-state index contributed by atoms with van der Waals surface area (Å²) in [5, 5.41) is 7.21.